The lowest BCUT2D eigenvalue weighted by atomic mass is 9.82. The number of methoxy groups -OCH3 is 1. The van der Waals surface area contributed by atoms with Crippen molar-refractivity contribution in [1.29, 1.82) is 5.26 Å². The summed E-state index contributed by atoms with van der Waals surface area (Å²) in [6, 6.07) is 6.69. The molecule has 5 nitrogen and oxygen atoms in total. The zero-order valence-corrected chi connectivity index (χ0v) is 11.5. The first-order valence-electron chi connectivity index (χ1n) is 6.71. The summed E-state index contributed by atoms with van der Waals surface area (Å²) in [4.78, 5) is 12.2. The number of benzene rings is 1. The lowest BCUT2D eigenvalue weighted by Crippen LogP contribution is -2.48. The summed E-state index contributed by atoms with van der Waals surface area (Å²) in [5, 5.41) is 21.8. The molecule has 2 N–H and O–H groups in total. The molecule has 0 bridgehead atoms. The van der Waals surface area contributed by atoms with Gasteiger partial charge in [-0.3, -0.25) is 4.79 Å². The van der Waals surface area contributed by atoms with Crippen LogP contribution in [0.25, 0.3) is 0 Å². The Bertz CT molecular complexity index is 543. The summed E-state index contributed by atoms with van der Waals surface area (Å²) in [5.41, 5.74) is -0.450. The number of phenols is 1. The predicted octanol–water partition coefficient (Wildman–Crippen LogP) is 2.36. The SMILES string of the molecule is COc1ccc(C(=O)NC2(C#N)CCCCC2)cc1O. The van der Waals surface area contributed by atoms with Crippen molar-refractivity contribution in [2.45, 2.75) is 37.6 Å². The van der Waals surface area contributed by atoms with E-state index in [9.17, 15) is 15.2 Å². The van der Waals surface area contributed by atoms with E-state index in [0.29, 0.717) is 24.2 Å². The molecule has 1 saturated carbocycles. The maximum atomic E-state index is 12.2. The van der Waals surface area contributed by atoms with Crippen LogP contribution in [0, 0.1) is 11.3 Å². The van der Waals surface area contributed by atoms with Crippen LogP contribution in [-0.2, 0) is 0 Å². The van der Waals surface area contributed by atoms with E-state index in [1.54, 1.807) is 6.07 Å². The molecule has 0 spiro atoms. The van der Waals surface area contributed by atoms with Crippen LogP contribution < -0.4 is 10.1 Å². The van der Waals surface area contributed by atoms with Crippen LogP contribution in [0.2, 0.25) is 0 Å². The first-order valence-corrected chi connectivity index (χ1v) is 6.71. The van der Waals surface area contributed by atoms with Crippen molar-refractivity contribution in [2.24, 2.45) is 0 Å². The number of hydrogen-bond donors (Lipinski definition) is 2. The van der Waals surface area contributed by atoms with Gasteiger partial charge in [-0.1, -0.05) is 19.3 Å². The highest BCUT2D eigenvalue weighted by Gasteiger charge is 2.33. The molecule has 1 aromatic rings. The smallest absolute Gasteiger partial charge is 0.252 e. The van der Waals surface area contributed by atoms with E-state index in [0.717, 1.165) is 19.3 Å². The maximum absolute atomic E-state index is 12.2. The van der Waals surface area contributed by atoms with Crippen LogP contribution in [0.4, 0.5) is 0 Å². The largest absolute Gasteiger partial charge is 0.504 e. The molecule has 2 rings (SSSR count). The molecule has 0 radical (unpaired) electrons. The van der Waals surface area contributed by atoms with Crippen LogP contribution >= 0.6 is 0 Å². The number of nitriles is 1. The van der Waals surface area contributed by atoms with Gasteiger partial charge >= 0.3 is 0 Å². The van der Waals surface area contributed by atoms with Gasteiger partial charge in [-0.2, -0.15) is 5.26 Å². The van der Waals surface area contributed by atoms with Gasteiger partial charge in [0.05, 0.1) is 13.2 Å². The molecular weight excluding hydrogens is 256 g/mol. The molecule has 1 fully saturated rings. The predicted molar refractivity (Wildman–Crippen MR) is 73.6 cm³/mol. The number of rotatable bonds is 3. The van der Waals surface area contributed by atoms with Gasteiger partial charge < -0.3 is 15.2 Å². The third kappa shape index (κ3) is 2.85. The number of hydrogen-bond acceptors (Lipinski definition) is 4. The van der Waals surface area contributed by atoms with Gasteiger partial charge in [0, 0.05) is 5.56 Å². The molecule has 1 aromatic carbocycles. The van der Waals surface area contributed by atoms with E-state index in [1.165, 1.54) is 19.2 Å². The van der Waals surface area contributed by atoms with E-state index in [2.05, 4.69) is 11.4 Å². The third-order valence-electron chi connectivity index (χ3n) is 3.71. The number of carbonyl (C=O) groups is 1. The molecule has 1 amide bonds. The van der Waals surface area contributed by atoms with Crippen molar-refractivity contribution in [2.75, 3.05) is 7.11 Å². The van der Waals surface area contributed by atoms with E-state index < -0.39 is 5.54 Å². The molecule has 0 saturated heterocycles. The Kier molecular flexibility index (Phi) is 4.14. The van der Waals surface area contributed by atoms with E-state index >= 15 is 0 Å². The first kappa shape index (κ1) is 14.2. The molecule has 0 aromatic heterocycles. The summed E-state index contributed by atoms with van der Waals surface area (Å²) in [6.45, 7) is 0. The highest BCUT2D eigenvalue weighted by atomic mass is 16.5. The minimum Gasteiger partial charge on any atom is -0.504 e. The Balaban J connectivity index is 2.15. The van der Waals surface area contributed by atoms with Crippen LogP contribution in [0.1, 0.15) is 42.5 Å². The summed E-state index contributed by atoms with van der Waals surface area (Å²) in [5.74, 6) is -0.115. The second-order valence-corrected chi connectivity index (χ2v) is 5.10. The Hall–Kier alpha value is -2.22. The molecule has 0 unspecified atom stereocenters. The van der Waals surface area contributed by atoms with Crippen molar-refractivity contribution < 1.29 is 14.6 Å². The van der Waals surface area contributed by atoms with E-state index in [-0.39, 0.29) is 11.7 Å². The molecule has 0 atom stereocenters. The Morgan fingerprint density at radius 3 is 2.65 bits per heavy atom. The Labute approximate surface area is 118 Å². The molecular formula is C15H18N2O3. The number of nitrogens with one attached hydrogen (secondary N) is 1. The summed E-state index contributed by atoms with van der Waals surface area (Å²) in [6.07, 6.45) is 4.35. The lowest BCUT2D eigenvalue weighted by molar-refractivity contribution is 0.0902. The van der Waals surface area contributed by atoms with Crippen molar-refractivity contribution >= 4 is 5.91 Å². The van der Waals surface area contributed by atoms with Crippen molar-refractivity contribution in [3.8, 4) is 17.6 Å². The number of phenolic OH excluding ortho intramolecular Hbond substituents is 1. The maximum Gasteiger partial charge on any atom is 0.252 e. The zero-order chi connectivity index (χ0) is 14.6. The Morgan fingerprint density at radius 1 is 1.40 bits per heavy atom. The monoisotopic (exact) mass is 274 g/mol. The Morgan fingerprint density at radius 2 is 2.10 bits per heavy atom. The van der Waals surface area contributed by atoms with Crippen LogP contribution in [0.3, 0.4) is 0 Å². The summed E-state index contributed by atoms with van der Waals surface area (Å²) in [7, 11) is 1.45. The lowest BCUT2D eigenvalue weighted by Gasteiger charge is -2.31. The van der Waals surface area contributed by atoms with Gasteiger partial charge in [-0.15, -0.1) is 0 Å². The molecule has 0 heterocycles. The second-order valence-electron chi connectivity index (χ2n) is 5.10. The average molecular weight is 274 g/mol. The van der Waals surface area contributed by atoms with Gasteiger partial charge in [-0.05, 0) is 31.0 Å². The van der Waals surface area contributed by atoms with Crippen molar-refractivity contribution in [1.82, 2.24) is 5.32 Å². The van der Waals surface area contributed by atoms with Crippen LogP contribution in [0.5, 0.6) is 11.5 Å². The number of ether oxygens (including phenoxy) is 1. The minimum atomic E-state index is -0.773. The fraction of sp³-hybridized carbons (Fsp3) is 0.467. The number of nitrogens with zero attached hydrogens (tertiary/aromatic N) is 1. The van der Waals surface area contributed by atoms with Gasteiger partial charge in [-0.25, -0.2) is 0 Å². The number of amides is 1. The van der Waals surface area contributed by atoms with Crippen LogP contribution in [-0.4, -0.2) is 23.7 Å². The van der Waals surface area contributed by atoms with Crippen molar-refractivity contribution in [3.63, 3.8) is 0 Å². The van der Waals surface area contributed by atoms with Gasteiger partial charge in [0.2, 0.25) is 0 Å². The molecule has 5 heteroatoms. The molecule has 0 aliphatic heterocycles. The average Bonchev–Trinajstić information content (AvgIpc) is 2.48. The fourth-order valence-corrected chi connectivity index (χ4v) is 2.54. The zero-order valence-electron chi connectivity index (χ0n) is 11.5. The standard InChI is InChI=1S/C15H18N2O3/c1-20-13-6-5-11(9-12(13)18)14(19)17-15(10-16)7-3-2-4-8-15/h5-6,9,18H,2-4,7-8H2,1H3,(H,17,19). The van der Waals surface area contributed by atoms with Gasteiger partial charge in [0.15, 0.2) is 11.5 Å². The summed E-state index contributed by atoms with van der Waals surface area (Å²) < 4.78 is 4.94. The van der Waals surface area contributed by atoms with E-state index in [4.69, 9.17) is 4.74 Å². The minimum absolute atomic E-state index is 0.0881. The topological polar surface area (TPSA) is 82.3 Å². The van der Waals surface area contributed by atoms with Crippen LogP contribution in [0.15, 0.2) is 18.2 Å². The fourth-order valence-electron chi connectivity index (χ4n) is 2.54. The summed E-state index contributed by atoms with van der Waals surface area (Å²) >= 11 is 0. The number of carbonyl (C=O) groups excluding carboxylic acids is 1. The quantitative estimate of drug-likeness (QED) is 0.886. The third-order valence-corrected chi connectivity index (χ3v) is 3.71. The number of aromatic hydroxyl groups is 1. The highest BCUT2D eigenvalue weighted by Crippen LogP contribution is 2.29. The van der Waals surface area contributed by atoms with Crippen molar-refractivity contribution in [3.05, 3.63) is 23.8 Å². The molecule has 1 aliphatic carbocycles. The van der Waals surface area contributed by atoms with Gasteiger partial charge in [0.1, 0.15) is 5.54 Å². The van der Waals surface area contributed by atoms with E-state index in [1.807, 2.05) is 0 Å². The van der Waals surface area contributed by atoms with Gasteiger partial charge in [0.25, 0.3) is 5.91 Å². The molecule has 1 aliphatic rings. The first-order chi connectivity index (χ1) is 9.60. The molecule has 106 valence electrons. The highest BCUT2D eigenvalue weighted by molar-refractivity contribution is 5.95. The second kappa shape index (κ2) is 5.83. The normalized spacial score (nSPS) is 17.0. The molecule has 20 heavy (non-hydrogen) atoms.